The Morgan fingerprint density at radius 3 is 2.83 bits per heavy atom. The van der Waals surface area contributed by atoms with E-state index in [2.05, 4.69) is 15.6 Å². The summed E-state index contributed by atoms with van der Waals surface area (Å²) in [4.78, 5) is 30.0. The van der Waals surface area contributed by atoms with E-state index in [1.165, 1.54) is 4.90 Å². The van der Waals surface area contributed by atoms with E-state index in [1.807, 2.05) is 0 Å². The van der Waals surface area contributed by atoms with Crippen molar-refractivity contribution in [1.82, 2.24) is 10.3 Å². The van der Waals surface area contributed by atoms with Crippen molar-refractivity contribution < 1.29 is 22.8 Å². The van der Waals surface area contributed by atoms with Crippen LogP contribution in [-0.2, 0) is 6.54 Å². The summed E-state index contributed by atoms with van der Waals surface area (Å²) >= 11 is 5.84. The van der Waals surface area contributed by atoms with E-state index in [9.17, 15) is 22.8 Å². The Bertz CT molecular complexity index is 1030. The fourth-order valence-electron chi connectivity index (χ4n) is 3.63. The van der Waals surface area contributed by atoms with Crippen molar-refractivity contribution in [3.63, 3.8) is 0 Å². The van der Waals surface area contributed by atoms with Crippen LogP contribution in [0.25, 0.3) is 0 Å². The number of anilines is 2. The van der Waals surface area contributed by atoms with Crippen LogP contribution >= 0.6 is 11.6 Å². The van der Waals surface area contributed by atoms with E-state index < -0.39 is 24.2 Å². The number of fused-ring (bicyclic) bond motifs is 1. The molecule has 3 heterocycles. The zero-order valence-electron chi connectivity index (χ0n) is 15.8. The number of alkyl halides is 2. The fraction of sp³-hybridized carbons (Fsp3) is 0.350. The van der Waals surface area contributed by atoms with Gasteiger partial charge >= 0.3 is 0 Å². The van der Waals surface area contributed by atoms with Crippen LogP contribution in [-0.4, -0.2) is 35.8 Å². The highest BCUT2D eigenvalue weighted by atomic mass is 35.5. The van der Waals surface area contributed by atoms with Crippen molar-refractivity contribution >= 4 is 34.9 Å². The maximum atomic E-state index is 14.1. The number of nitrogens with zero attached hydrogens (tertiary/aromatic N) is 2. The van der Waals surface area contributed by atoms with Crippen LogP contribution in [0.15, 0.2) is 24.3 Å². The summed E-state index contributed by atoms with van der Waals surface area (Å²) < 4.78 is 41.5. The minimum atomic E-state index is -2.81. The summed E-state index contributed by atoms with van der Waals surface area (Å²) in [6.07, 6.45) is -0.516. The lowest BCUT2D eigenvalue weighted by atomic mass is 10.1. The summed E-state index contributed by atoms with van der Waals surface area (Å²) in [5.74, 6) is -4.69. The number of hydrogen-bond donors (Lipinski definition) is 2. The predicted octanol–water partition coefficient (Wildman–Crippen LogP) is 4.00. The molecule has 10 heteroatoms. The quantitative estimate of drug-likeness (QED) is 0.710. The number of hydrogen-bond acceptors (Lipinski definition) is 4. The zero-order valence-corrected chi connectivity index (χ0v) is 16.5. The van der Waals surface area contributed by atoms with Crippen molar-refractivity contribution in [2.45, 2.75) is 31.7 Å². The lowest BCUT2D eigenvalue weighted by molar-refractivity contribution is -0.0102. The van der Waals surface area contributed by atoms with Crippen molar-refractivity contribution in [3.05, 3.63) is 51.9 Å². The van der Waals surface area contributed by atoms with Gasteiger partial charge in [0.2, 0.25) is 11.9 Å². The molecule has 1 fully saturated rings. The lowest BCUT2D eigenvalue weighted by Gasteiger charge is -2.24. The molecule has 0 unspecified atom stereocenters. The van der Waals surface area contributed by atoms with Gasteiger partial charge in [0.1, 0.15) is 5.82 Å². The number of carbonyl (C=O) groups is 2. The van der Waals surface area contributed by atoms with Crippen molar-refractivity contribution in [2.24, 2.45) is 0 Å². The molecule has 2 aromatic rings. The van der Waals surface area contributed by atoms with E-state index in [-0.39, 0.29) is 48.2 Å². The number of benzene rings is 1. The lowest BCUT2D eigenvalue weighted by Crippen LogP contribution is -2.29. The second-order valence-corrected chi connectivity index (χ2v) is 7.74. The Balaban J connectivity index is 1.63. The summed E-state index contributed by atoms with van der Waals surface area (Å²) in [6.45, 7) is 0.562. The third-order valence-electron chi connectivity index (χ3n) is 5.23. The van der Waals surface area contributed by atoms with Gasteiger partial charge in [0.15, 0.2) is 0 Å². The van der Waals surface area contributed by atoms with Crippen LogP contribution < -0.4 is 15.5 Å². The molecule has 4 rings (SSSR count). The molecule has 158 valence electrons. The highest BCUT2D eigenvalue weighted by Crippen LogP contribution is 2.32. The van der Waals surface area contributed by atoms with E-state index >= 15 is 0 Å². The summed E-state index contributed by atoms with van der Waals surface area (Å²) in [5, 5.41) is 4.99. The number of amides is 2. The first kappa shape index (κ1) is 20.5. The number of nitrogens with one attached hydrogen (secondary N) is 2. The predicted molar refractivity (Wildman–Crippen MR) is 106 cm³/mol. The van der Waals surface area contributed by atoms with Crippen LogP contribution in [0.4, 0.5) is 24.7 Å². The number of halogens is 4. The molecule has 2 amide bonds. The minimum absolute atomic E-state index is 0.0310. The number of pyridine rings is 1. The largest absolute Gasteiger partial charge is 0.356 e. The van der Waals surface area contributed by atoms with Gasteiger partial charge in [-0.15, -0.1) is 0 Å². The van der Waals surface area contributed by atoms with Gasteiger partial charge < -0.3 is 15.5 Å². The maximum Gasteiger partial charge on any atom is 0.259 e. The topological polar surface area (TPSA) is 74.3 Å². The molecule has 0 spiro atoms. The average molecular weight is 439 g/mol. The Morgan fingerprint density at radius 1 is 1.23 bits per heavy atom. The highest BCUT2D eigenvalue weighted by molar-refractivity contribution is 6.31. The number of carbonyl (C=O) groups excluding carboxylic acids is 2. The van der Waals surface area contributed by atoms with Crippen LogP contribution in [0.2, 0.25) is 5.02 Å². The molecule has 2 aliphatic rings. The van der Waals surface area contributed by atoms with E-state index in [0.29, 0.717) is 17.8 Å². The average Bonchev–Trinajstić information content (AvgIpc) is 2.96. The summed E-state index contributed by atoms with van der Waals surface area (Å²) in [5.41, 5.74) is 1.61. The molecule has 0 saturated carbocycles. The first-order chi connectivity index (χ1) is 14.2. The molecular weight excluding hydrogens is 421 g/mol. The molecule has 1 aromatic carbocycles. The van der Waals surface area contributed by atoms with Crippen LogP contribution in [0.1, 0.15) is 45.5 Å². The van der Waals surface area contributed by atoms with Crippen LogP contribution in [0.3, 0.4) is 0 Å². The molecule has 0 aliphatic carbocycles. The Labute approximate surface area is 175 Å². The first-order valence-electron chi connectivity index (χ1n) is 9.45. The minimum Gasteiger partial charge on any atom is -0.356 e. The van der Waals surface area contributed by atoms with Crippen LogP contribution in [0.5, 0.6) is 0 Å². The molecule has 0 bridgehead atoms. The van der Waals surface area contributed by atoms with Gasteiger partial charge in [0, 0.05) is 43.7 Å². The monoisotopic (exact) mass is 438 g/mol. The third-order valence-corrected chi connectivity index (χ3v) is 5.49. The van der Waals surface area contributed by atoms with Gasteiger partial charge in [0.05, 0.1) is 10.6 Å². The van der Waals surface area contributed by atoms with Crippen molar-refractivity contribution in [2.75, 3.05) is 23.3 Å². The van der Waals surface area contributed by atoms with Gasteiger partial charge in [-0.3, -0.25) is 9.59 Å². The van der Waals surface area contributed by atoms with E-state index in [4.69, 9.17) is 11.6 Å². The molecule has 1 aromatic heterocycles. The van der Waals surface area contributed by atoms with Gasteiger partial charge in [0.25, 0.3) is 11.8 Å². The SMILES string of the molecule is O=C1NCc2ccc(NC(=O)c3cc(Cl)c(F)nc3N3CCCC(F)(F)CC3)cc21. The van der Waals surface area contributed by atoms with Gasteiger partial charge in [-0.1, -0.05) is 17.7 Å². The van der Waals surface area contributed by atoms with Crippen molar-refractivity contribution in [1.29, 1.82) is 0 Å². The van der Waals surface area contributed by atoms with Gasteiger partial charge in [-0.2, -0.15) is 4.39 Å². The number of aromatic nitrogens is 1. The second kappa shape index (κ2) is 7.79. The molecule has 2 aliphatic heterocycles. The molecular formula is C20H18ClF3N4O2. The third kappa shape index (κ3) is 4.07. The van der Waals surface area contributed by atoms with E-state index in [0.717, 1.165) is 11.6 Å². The summed E-state index contributed by atoms with van der Waals surface area (Å²) in [7, 11) is 0. The molecule has 1 saturated heterocycles. The van der Waals surface area contributed by atoms with Gasteiger partial charge in [-0.25, -0.2) is 13.8 Å². The smallest absolute Gasteiger partial charge is 0.259 e. The molecule has 0 atom stereocenters. The highest BCUT2D eigenvalue weighted by Gasteiger charge is 2.33. The maximum absolute atomic E-state index is 14.1. The Morgan fingerprint density at radius 2 is 2.03 bits per heavy atom. The van der Waals surface area contributed by atoms with E-state index in [1.54, 1.807) is 18.2 Å². The van der Waals surface area contributed by atoms with Crippen molar-refractivity contribution in [3.8, 4) is 0 Å². The second-order valence-electron chi connectivity index (χ2n) is 7.34. The summed E-state index contributed by atoms with van der Waals surface area (Å²) in [6, 6.07) is 6.04. The Hall–Kier alpha value is -2.81. The molecule has 6 nitrogen and oxygen atoms in total. The molecule has 2 N–H and O–H groups in total. The molecule has 0 radical (unpaired) electrons. The standard InChI is InChI=1S/C20H18ClF3N4O2/c21-15-9-14(17(27-16(15)22)28-6-1-4-20(23,24)5-7-28)19(30)26-12-3-2-11-10-25-18(29)13(11)8-12/h2-3,8-9H,1,4-7,10H2,(H,25,29)(H,26,30). The van der Waals surface area contributed by atoms with Gasteiger partial charge in [-0.05, 0) is 30.2 Å². The first-order valence-corrected chi connectivity index (χ1v) is 9.83. The molecule has 30 heavy (non-hydrogen) atoms. The fourth-order valence-corrected chi connectivity index (χ4v) is 3.78. The zero-order chi connectivity index (χ0) is 21.5. The van der Waals surface area contributed by atoms with Crippen LogP contribution in [0, 0.1) is 5.95 Å². The Kier molecular flexibility index (Phi) is 5.31. The number of rotatable bonds is 3. The normalized spacial score (nSPS) is 17.9.